The number of nitrogens with zero attached hydrogens (tertiary/aromatic N) is 2. The SMILES string of the molecule is CCC(C)CN1CCN(C(C)C)CC1. The van der Waals surface area contributed by atoms with Gasteiger partial charge in [0.25, 0.3) is 0 Å². The first kappa shape index (κ1) is 12.0. The van der Waals surface area contributed by atoms with Crippen molar-refractivity contribution in [1.82, 2.24) is 9.80 Å². The summed E-state index contributed by atoms with van der Waals surface area (Å²) in [5.74, 6) is 0.862. The largest absolute Gasteiger partial charge is 0.301 e. The van der Waals surface area contributed by atoms with Crippen molar-refractivity contribution in [2.24, 2.45) is 5.92 Å². The summed E-state index contributed by atoms with van der Waals surface area (Å²) in [4.78, 5) is 5.19. The van der Waals surface area contributed by atoms with Gasteiger partial charge in [0, 0.05) is 38.8 Å². The van der Waals surface area contributed by atoms with Gasteiger partial charge in [-0.25, -0.2) is 0 Å². The minimum absolute atomic E-state index is 0.723. The Morgan fingerprint density at radius 3 is 2.00 bits per heavy atom. The zero-order chi connectivity index (χ0) is 10.6. The van der Waals surface area contributed by atoms with Crippen LogP contribution in [0.1, 0.15) is 34.1 Å². The van der Waals surface area contributed by atoms with Crippen molar-refractivity contribution in [3.8, 4) is 0 Å². The summed E-state index contributed by atoms with van der Waals surface area (Å²) in [7, 11) is 0. The van der Waals surface area contributed by atoms with E-state index < -0.39 is 0 Å². The van der Waals surface area contributed by atoms with Gasteiger partial charge >= 0.3 is 0 Å². The van der Waals surface area contributed by atoms with Crippen LogP contribution < -0.4 is 0 Å². The molecule has 1 fully saturated rings. The van der Waals surface area contributed by atoms with Crippen LogP contribution in [0.2, 0.25) is 0 Å². The predicted molar refractivity (Wildman–Crippen MR) is 62.6 cm³/mol. The number of rotatable bonds is 4. The van der Waals surface area contributed by atoms with Crippen LogP contribution in [0.5, 0.6) is 0 Å². The Bertz CT molecular complexity index is 148. The number of hydrogen-bond acceptors (Lipinski definition) is 2. The lowest BCUT2D eigenvalue weighted by molar-refractivity contribution is 0.0982. The molecule has 1 heterocycles. The van der Waals surface area contributed by atoms with Gasteiger partial charge in [-0.1, -0.05) is 20.3 Å². The van der Waals surface area contributed by atoms with Crippen molar-refractivity contribution in [3.63, 3.8) is 0 Å². The Labute approximate surface area is 89.3 Å². The van der Waals surface area contributed by atoms with Crippen molar-refractivity contribution >= 4 is 0 Å². The maximum Gasteiger partial charge on any atom is 0.0113 e. The van der Waals surface area contributed by atoms with Crippen LogP contribution >= 0.6 is 0 Å². The zero-order valence-electron chi connectivity index (χ0n) is 10.3. The molecule has 1 rings (SSSR count). The lowest BCUT2D eigenvalue weighted by Gasteiger charge is -2.37. The fraction of sp³-hybridized carbons (Fsp3) is 1.00. The summed E-state index contributed by atoms with van der Waals surface area (Å²) < 4.78 is 0. The molecule has 0 N–H and O–H groups in total. The van der Waals surface area contributed by atoms with Gasteiger partial charge in [-0.3, -0.25) is 4.90 Å². The molecular formula is C12H26N2. The fourth-order valence-electron chi connectivity index (χ4n) is 2.03. The molecule has 0 radical (unpaired) electrons. The molecule has 0 aliphatic carbocycles. The Morgan fingerprint density at radius 2 is 1.57 bits per heavy atom. The van der Waals surface area contributed by atoms with Crippen molar-refractivity contribution in [1.29, 1.82) is 0 Å². The molecule has 0 aromatic carbocycles. The maximum atomic E-state index is 2.62. The first-order valence-corrected chi connectivity index (χ1v) is 6.09. The molecular weight excluding hydrogens is 172 g/mol. The molecule has 0 amide bonds. The lowest BCUT2D eigenvalue weighted by atomic mass is 10.1. The third kappa shape index (κ3) is 3.58. The van der Waals surface area contributed by atoms with E-state index in [2.05, 4.69) is 37.5 Å². The average molecular weight is 198 g/mol. The Kier molecular flexibility index (Phi) is 4.90. The molecule has 2 heteroatoms. The van der Waals surface area contributed by atoms with Crippen molar-refractivity contribution in [2.75, 3.05) is 32.7 Å². The van der Waals surface area contributed by atoms with Crippen molar-refractivity contribution in [3.05, 3.63) is 0 Å². The molecule has 1 saturated heterocycles. The highest BCUT2D eigenvalue weighted by Gasteiger charge is 2.19. The van der Waals surface area contributed by atoms with E-state index in [0.29, 0.717) is 0 Å². The minimum atomic E-state index is 0.723. The van der Waals surface area contributed by atoms with Gasteiger partial charge in [0.1, 0.15) is 0 Å². The van der Waals surface area contributed by atoms with Crippen molar-refractivity contribution in [2.45, 2.75) is 40.2 Å². The Morgan fingerprint density at radius 1 is 1.00 bits per heavy atom. The second-order valence-electron chi connectivity index (χ2n) is 4.94. The third-order valence-corrected chi connectivity index (χ3v) is 3.40. The van der Waals surface area contributed by atoms with E-state index in [1.165, 1.54) is 39.1 Å². The van der Waals surface area contributed by atoms with Crippen LogP contribution in [0.15, 0.2) is 0 Å². The van der Waals surface area contributed by atoms with Crippen LogP contribution in [-0.4, -0.2) is 48.6 Å². The second-order valence-corrected chi connectivity index (χ2v) is 4.94. The summed E-state index contributed by atoms with van der Waals surface area (Å²) >= 11 is 0. The van der Waals surface area contributed by atoms with Gasteiger partial charge in [-0.05, 0) is 19.8 Å². The molecule has 0 spiro atoms. The average Bonchev–Trinajstić information content (AvgIpc) is 2.18. The topological polar surface area (TPSA) is 6.48 Å². The normalized spacial score (nSPS) is 22.9. The molecule has 1 aliphatic rings. The molecule has 14 heavy (non-hydrogen) atoms. The van der Waals surface area contributed by atoms with E-state index in [1.54, 1.807) is 0 Å². The Hall–Kier alpha value is -0.0800. The quantitative estimate of drug-likeness (QED) is 0.682. The van der Waals surface area contributed by atoms with E-state index in [1.807, 2.05) is 0 Å². The van der Waals surface area contributed by atoms with E-state index in [9.17, 15) is 0 Å². The molecule has 2 nitrogen and oxygen atoms in total. The summed E-state index contributed by atoms with van der Waals surface area (Å²) in [6.45, 7) is 15.6. The summed E-state index contributed by atoms with van der Waals surface area (Å²) in [5.41, 5.74) is 0. The van der Waals surface area contributed by atoms with Crippen LogP contribution in [0, 0.1) is 5.92 Å². The van der Waals surface area contributed by atoms with E-state index in [-0.39, 0.29) is 0 Å². The summed E-state index contributed by atoms with van der Waals surface area (Å²) in [6, 6.07) is 0.723. The first-order valence-electron chi connectivity index (χ1n) is 6.09. The molecule has 1 atom stereocenters. The highest BCUT2D eigenvalue weighted by atomic mass is 15.3. The van der Waals surface area contributed by atoms with Crippen LogP contribution in [-0.2, 0) is 0 Å². The highest BCUT2D eigenvalue weighted by molar-refractivity contribution is 4.75. The summed E-state index contributed by atoms with van der Waals surface area (Å²) in [6.07, 6.45) is 1.31. The van der Waals surface area contributed by atoms with Gasteiger partial charge in [-0.15, -0.1) is 0 Å². The number of hydrogen-bond donors (Lipinski definition) is 0. The molecule has 1 aliphatic heterocycles. The van der Waals surface area contributed by atoms with E-state index in [4.69, 9.17) is 0 Å². The standard InChI is InChI=1S/C12H26N2/c1-5-12(4)10-13-6-8-14(9-7-13)11(2)3/h11-12H,5-10H2,1-4H3. The van der Waals surface area contributed by atoms with Gasteiger partial charge in [0.05, 0.1) is 0 Å². The third-order valence-electron chi connectivity index (χ3n) is 3.40. The van der Waals surface area contributed by atoms with Gasteiger partial charge in [0.15, 0.2) is 0 Å². The van der Waals surface area contributed by atoms with Crippen LogP contribution in [0.25, 0.3) is 0 Å². The molecule has 84 valence electrons. The maximum absolute atomic E-state index is 2.62. The molecule has 0 saturated carbocycles. The smallest absolute Gasteiger partial charge is 0.0113 e. The predicted octanol–water partition coefficient (Wildman–Crippen LogP) is 2.06. The second kappa shape index (κ2) is 5.72. The fourth-order valence-corrected chi connectivity index (χ4v) is 2.03. The number of piperazine rings is 1. The molecule has 1 unspecified atom stereocenters. The van der Waals surface area contributed by atoms with Gasteiger partial charge in [0.2, 0.25) is 0 Å². The van der Waals surface area contributed by atoms with Crippen LogP contribution in [0.3, 0.4) is 0 Å². The minimum Gasteiger partial charge on any atom is -0.301 e. The lowest BCUT2D eigenvalue weighted by Crippen LogP contribution is -2.49. The molecule has 0 aromatic heterocycles. The molecule has 0 aromatic rings. The van der Waals surface area contributed by atoms with Gasteiger partial charge < -0.3 is 4.90 Å². The van der Waals surface area contributed by atoms with E-state index in [0.717, 1.165) is 12.0 Å². The zero-order valence-corrected chi connectivity index (χ0v) is 10.3. The van der Waals surface area contributed by atoms with Crippen molar-refractivity contribution < 1.29 is 0 Å². The van der Waals surface area contributed by atoms with Crippen LogP contribution in [0.4, 0.5) is 0 Å². The van der Waals surface area contributed by atoms with E-state index >= 15 is 0 Å². The Balaban J connectivity index is 2.22. The monoisotopic (exact) mass is 198 g/mol. The highest BCUT2D eigenvalue weighted by Crippen LogP contribution is 2.09. The molecule has 0 bridgehead atoms. The first-order chi connectivity index (χ1) is 6.63. The van der Waals surface area contributed by atoms with Gasteiger partial charge in [-0.2, -0.15) is 0 Å². The summed E-state index contributed by atoms with van der Waals surface area (Å²) in [5, 5.41) is 0.